The molecule has 2 aromatic rings. The molecule has 150 valence electrons. The molecule has 2 saturated heterocycles. The third kappa shape index (κ3) is 3.00. The van der Waals surface area contributed by atoms with E-state index in [0.717, 1.165) is 11.1 Å². The van der Waals surface area contributed by atoms with Crippen molar-refractivity contribution in [3.63, 3.8) is 0 Å². The van der Waals surface area contributed by atoms with Gasteiger partial charge in [-0.05, 0) is 35.4 Å². The number of hydrogen-bond donors (Lipinski definition) is 2. The Morgan fingerprint density at radius 2 is 1.25 bits per heavy atom. The van der Waals surface area contributed by atoms with Gasteiger partial charge >= 0.3 is 0 Å². The van der Waals surface area contributed by atoms with E-state index < -0.39 is 0 Å². The normalized spacial score (nSPS) is 26.1. The van der Waals surface area contributed by atoms with Crippen LogP contribution in [0.2, 0.25) is 0 Å². The molecule has 0 aromatic heterocycles. The molecule has 0 amide bonds. The molecule has 0 spiro atoms. The lowest BCUT2D eigenvalue weighted by atomic mass is 9.85. The highest BCUT2D eigenvalue weighted by molar-refractivity contribution is 5.53. The minimum Gasteiger partial charge on any atom is -0.504 e. The summed E-state index contributed by atoms with van der Waals surface area (Å²) in [5.41, 5.74) is 1.83. The number of hydrogen-bond acceptors (Lipinski definition) is 7. The van der Waals surface area contributed by atoms with Crippen LogP contribution in [0.1, 0.15) is 23.3 Å². The summed E-state index contributed by atoms with van der Waals surface area (Å²) in [5.74, 6) is 1.52. The largest absolute Gasteiger partial charge is 0.504 e. The Hall–Kier alpha value is -2.64. The number of rotatable bonds is 5. The number of ether oxygens (including phenoxy) is 5. The van der Waals surface area contributed by atoms with Crippen LogP contribution in [0.25, 0.3) is 0 Å². The first kappa shape index (κ1) is 18.7. The zero-order valence-corrected chi connectivity index (χ0v) is 16.0. The fraction of sp³-hybridized carbons (Fsp3) is 0.429. The van der Waals surface area contributed by atoms with E-state index in [1.54, 1.807) is 18.2 Å². The molecule has 0 unspecified atom stereocenters. The first-order valence-corrected chi connectivity index (χ1v) is 9.12. The van der Waals surface area contributed by atoms with Crippen molar-refractivity contribution in [1.29, 1.82) is 0 Å². The maximum Gasteiger partial charge on any atom is 0.200 e. The highest BCUT2D eigenvalue weighted by atomic mass is 16.5. The molecule has 2 aliphatic rings. The molecule has 2 heterocycles. The number of phenols is 2. The van der Waals surface area contributed by atoms with Gasteiger partial charge in [-0.15, -0.1) is 0 Å². The summed E-state index contributed by atoms with van der Waals surface area (Å²) in [6, 6.07) is 8.84. The van der Waals surface area contributed by atoms with Crippen molar-refractivity contribution in [1.82, 2.24) is 0 Å². The average molecular weight is 388 g/mol. The van der Waals surface area contributed by atoms with Gasteiger partial charge in [0.15, 0.2) is 23.0 Å². The van der Waals surface area contributed by atoms with Crippen LogP contribution in [0.15, 0.2) is 30.3 Å². The molecule has 2 fully saturated rings. The summed E-state index contributed by atoms with van der Waals surface area (Å²) in [7, 11) is 4.53. The molecule has 2 N–H and O–H groups in total. The average Bonchev–Trinajstić information content (AvgIpc) is 3.31. The second-order valence-electron chi connectivity index (χ2n) is 7.04. The number of methoxy groups -OCH3 is 3. The Labute approximate surface area is 163 Å². The molecule has 2 aliphatic heterocycles. The molecular weight excluding hydrogens is 364 g/mol. The van der Waals surface area contributed by atoms with Crippen molar-refractivity contribution in [3.05, 3.63) is 41.5 Å². The zero-order chi connectivity index (χ0) is 19.8. The second kappa shape index (κ2) is 7.41. The van der Waals surface area contributed by atoms with Crippen LogP contribution in [-0.4, -0.2) is 44.8 Å². The van der Waals surface area contributed by atoms with Crippen molar-refractivity contribution >= 4 is 0 Å². The molecule has 2 aromatic carbocycles. The Bertz CT molecular complexity index is 841. The second-order valence-corrected chi connectivity index (χ2v) is 7.04. The van der Waals surface area contributed by atoms with Gasteiger partial charge in [0.2, 0.25) is 5.75 Å². The molecule has 7 nitrogen and oxygen atoms in total. The highest BCUT2D eigenvalue weighted by Gasteiger charge is 2.48. The summed E-state index contributed by atoms with van der Waals surface area (Å²) in [6.45, 7) is 1.10. The van der Waals surface area contributed by atoms with Crippen molar-refractivity contribution in [2.24, 2.45) is 11.8 Å². The van der Waals surface area contributed by atoms with Crippen LogP contribution in [0.4, 0.5) is 0 Å². The van der Waals surface area contributed by atoms with Gasteiger partial charge in [0.25, 0.3) is 0 Å². The van der Waals surface area contributed by atoms with Crippen molar-refractivity contribution in [3.8, 4) is 28.7 Å². The zero-order valence-electron chi connectivity index (χ0n) is 16.0. The van der Waals surface area contributed by atoms with E-state index in [1.165, 1.54) is 21.3 Å². The smallest absolute Gasteiger partial charge is 0.200 e. The Morgan fingerprint density at radius 3 is 1.79 bits per heavy atom. The molecule has 7 heteroatoms. The molecule has 4 rings (SSSR count). The highest BCUT2D eigenvalue weighted by Crippen LogP contribution is 2.52. The molecule has 0 radical (unpaired) electrons. The van der Waals surface area contributed by atoms with E-state index >= 15 is 0 Å². The monoisotopic (exact) mass is 388 g/mol. The Morgan fingerprint density at radius 1 is 0.750 bits per heavy atom. The van der Waals surface area contributed by atoms with Crippen LogP contribution < -0.4 is 14.2 Å². The van der Waals surface area contributed by atoms with Crippen molar-refractivity contribution in [2.75, 3.05) is 34.5 Å². The van der Waals surface area contributed by atoms with Crippen LogP contribution in [0, 0.1) is 11.8 Å². The number of fused-ring (bicyclic) bond motifs is 1. The van der Waals surface area contributed by atoms with Gasteiger partial charge in [-0.25, -0.2) is 0 Å². The summed E-state index contributed by atoms with van der Waals surface area (Å²) >= 11 is 0. The first-order chi connectivity index (χ1) is 13.6. The van der Waals surface area contributed by atoms with Crippen LogP contribution >= 0.6 is 0 Å². The molecular formula is C21H24O7. The van der Waals surface area contributed by atoms with Gasteiger partial charge in [0.1, 0.15) is 0 Å². The van der Waals surface area contributed by atoms with Gasteiger partial charge in [-0.1, -0.05) is 6.07 Å². The molecule has 0 bridgehead atoms. The Kier molecular flexibility index (Phi) is 4.95. The van der Waals surface area contributed by atoms with E-state index in [0.29, 0.717) is 30.5 Å². The fourth-order valence-electron chi connectivity index (χ4n) is 4.18. The van der Waals surface area contributed by atoms with Crippen LogP contribution in [-0.2, 0) is 9.47 Å². The third-order valence-corrected chi connectivity index (χ3v) is 5.63. The van der Waals surface area contributed by atoms with E-state index in [9.17, 15) is 10.2 Å². The third-order valence-electron chi connectivity index (χ3n) is 5.63. The van der Waals surface area contributed by atoms with E-state index in [2.05, 4.69) is 0 Å². The number of benzene rings is 2. The van der Waals surface area contributed by atoms with Crippen molar-refractivity contribution < 1.29 is 33.9 Å². The SMILES string of the molecule is COc1cc([C@@H]2OC[C@@H]3[C@H]2CO[C@@H]3c2cc(OC)c(O)c(OC)c2)ccc1O. The molecule has 0 aliphatic carbocycles. The van der Waals surface area contributed by atoms with E-state index in [1.807, 2.05) is 12.1 Å². The minimum absolute atomic E-state index is 0.0277. The molecule has 28 heavy (non-hydrogen) atoms. The first-order valence-electron chi connectivity index (χ1n) is 9.12. The molecule has 0 saturated carbocycles. The summed E-state index contributed by atoms with van der Waals surface area (Å²) in [5, 5.41) is 20.0. The topological polar surface area (TPSA) is 86.6 Å². The lowest BCUT2D eigenvalue weighted by Gasteiger charge is -2.19. The predicted molar refractivity (Wildman–Crippen MR) is 100 cm³/mol. The maximum absolute atomic E-state index is 10.2. The van der Waals surface area contributed by atoms with Gasteiger partial charge in [0, 0.05) is 11.8 Å². The number of aromatic hydroxyl groups is 2. The van der Waals surface area contributed by atoms with Gasteiger partial charge in [-0.2, -0.15) is 0 Å². The van der Waals surface area contributed by atoms with Gasteiger partial charge in [0.05, 0.1) is 46.8 Å². The van der Waals surface area contributed by atoms with E-state index in [4.69, 9.17) is 23.7 Å². The lowest BCUT2D eigenvalue weighted by Crippen LogP contribution is -2.14. The predicted octanol–water partition coefficient (Wildman–Crippen LogP) is 3.20. The van der Waals surface area contributed by atoms with E-state index in [-0.39, 0.29) is 35.5 Å². The number of phenolic OH excluding ortho intramolecular Hbond substituents is 2. The fourth-order valence-corrected chi connectivity index (χ4v) is 4.18. The maximum atomic E-state index is 10.2. The summed E-state index contributed by atoms with van der Waals surface area (Å²) < 4.78 is 28.0. The summed E-state index contributed by atoms with van der Waals surface area (Å²) in [4.78, 5) is 0. The van der Waals surface area contributed by atoms with Crippen molar-refractivity contribution in [2.45, 2.75) is 12.2 Å². The quantitative estimate of drug-likeness (QED) is 0.813. The van der Waals surface area contributed by atoms with Crippen LogP contribution in [0.5, 0.6) is 28.7 Å². The summed E-state index contributed by atoms with van der Waals surface area (Å²) in [6.07, 6.45) is -0.317. The lowest BCUT2D eigenvalue weighted by molar-refractivity contribution is 0.0191. The van der Waals surface area contributed by atoms with Gasteiger partial charge < -0.3 is 33.9 Å². The minimum atomic E-state index is -0.183. The Balaban J connectivity index is 1.61. The molecule has 4 atom stereocenters. The van der Waals surface area contributed by atoms with Crippen LogP contribution in [0.3, 0.4) is 0 Å². The van der Waals surface area contributed by atoms with Gasteiger partial charge in [-0.3, -0.25) is 0 Å². The standard InChI is InChI=1S/C21H24O7/c1-24-16-6-11(4-5-15(16)22)20-13-9-28-21(14(13)10-27-20)12-7-17(25-2)19(23)18(8-12)26-3/h4-8,13-14,20-23H,9-10H2,1-3H3/t13-,14-,20+,21-/m1/s1.